The van der Waals surface area contributed by atoms with E-state index in [4.69, 9.17) is 4.74 Å². The van der Waals surface area contributed by atoms with Gasteiger partial charge in [0.05, 0.1) is 18.0 Å². The van der Waals surface area contributed by atoms with Gasteiger partial charge in [0.1, 0.15) is 5.75 Å². The van der Waals surface area contributed by atoms with E-state index in [1.807, 2.05) is 6.92 Å². The van der Waals surface area contributed by atoms with Crippen LogP contribution in [0.2, 0.25) is 0 Å². The Kier molecular flexibility index (Phi) is 5.99. The van der Waals surface area contributed by atoms with Gasteiger partial charge in [0.2, 0.25) is 10.0 Å². The molecule has 2 aromatic carbocycles. The Morgan fingerprint density at radius 3 is 2.17 bits per heavy atom. The van der Waals surface area contributed by atoms with Gasteiger partial charge < -0.3 is 9.84 Å². The Balaban J connectivity index is 2.32. The van der Waals surface area contributed by atoms with E-state index in [1.54, 1.807) is 62.6 Å². The van der Waals surface area contributed by atoms with Gasteiger partial charge in [-0.25, -0.2) is 13.1 Å². The predicted octanol–water partition coefficient (Wildman–Crippen LogP) is 2.65. The zero-order valence-electron chi connectivity index (χ0n) is 14.1. The van der Waals surface area contributed by atoms with Crippen molar-refractivity contribution in [1.29, 1.82) is 0 Å². The molecule has 0 saturated heterocycles. The molecule has 0 radical (unpaired) electrons. The van der Waals surface area contributed by atoms with Crippen LogP contribution in [0.3, 0.4) is 0 Å². The highest BCUT2D eigenvalue weighted by Gasteiger charge is 2.25. The number of aliphatic hydroxyl groups is 1. The minimum atomic E-state index is -3.69. The summed E-state index contributed by atoms with van der Waals surface area (Å²) in [6.45, 7) is 3.57. The maximum atomic E-state index is 12.7. The lowest BCUT2D eigenvalue weighted by Gasteiger charge is -2.24. The normalized spacial score (nSPS) is 14.2. The van der Waals surface area contributed by atoms with Crippen LogP contribution in [0.15, 0.2) is 53.4 Å². The fourth-order valence-electron chi connectivity index (χ4n) is 2.38. The summed E-state index contributed by atoms with van der Waals surface area (Å²) >= 11 is 0. The number of hydrogen-bond acceptors (Lipinski definition) is 4. The van der Waals surface area contributed by atoms with E-state index < -0.39 is 16.1 Å². The number of nitrogens with one attached hydrogen (secondary N) is 1. The number of hydrogen-bond donors (Lipinski definition) is 2. The molecule has 0 saturated carbocycles. The molecular formula is C18H23NO4S. The molecule has 2 rings (SSSR count). The number of aryl methyl sites for hydroxylation is 1. The van der Waals surface area contributed by atoms with Gasteiger partial charge in [-0.15, -0.1) is 0 Å². The summed E-state index contributed by atoms with van der Waals surface area (Å²) in [7, 11) is -2.12. The van der Waals surface area contributed by atoms with E-state index >= 15 is 0 Å². The Morgan fingerprint density at radius 1 is 1.08 bits per heavy atom. The molecule has 2 N–H and O–H groups in total. The summed E-state index contributed by atoms with van der Waals surface area (Å²) in [5, 5.41) is 9.51. The third kappa shape index (κ3) is 4.35. The maximum Gasteiger partial charge on any atom is 0.241 e. The summed E-state index contributed by atoms with van der Waals surface area (Å²) in [5.41, 5.74) is 1.76. The fraction of sp³-hybridized carbons (Fsp3) is 0.333. The highest BCUT2D eigenvalue weighted by atomic mass is 32.2. The fourth-order valence-corrected chi connectivity index (χ4v) is 3.72. The Bertz CT molecular complexity index is 755. The van der Waals surface area contributed by atoms with Gasteiger partial charge in [0, 0.05) is 6.61 Å². The van der Waals surface area contributed by atoms with Crippen molar-refractivity contribution >= 4 is 10.0 Å². The lowest BCUT2D eigenvalue weighted by molar-refractivity contribution is 0.211. The van der Waals surface area contributed by atoms with E-state index in [1.165, 1.54) is 0 Å². The molecule has 0 aliphatic rings. The molecule has 0 aliphatic carbocycles. The van der Waals surface area contributed by atoms with Crippen molar-refractivity contribution in [1.82, 2.24) is 4.72 Å². The van der Waals surface area contributed by atoms with Crippen LogP contribution in [0.25, 0.3) is 0 Å². The summed E-state index contributed by atoms with van der Waals surface area (Å²) in [5.74, 6) is 0.411. The van der Waals surface area contributed by atoms with Crippen molar-refractivity contribution in [3.05, 3.63) is 59.7 Å². The standard InChI is InChI=1S/C18H23NO4S/c1-13-4-10-17(11-5-13)24(21,22)19-18(14(2)12-20)15-6-8-16(23-3)9-7-15/h4-11,14,18-20H,12H2,1-3H3/t14-,18-/m0/s1. The van der Waals surface area contributed by atoms with Gasteiger partial charge in [-0.2, -0.15) is 0 Å². The van der Waals surface area contributed by atoms with Crippen molar-refractivity contribution in [3.8, 4) is 5.75 Å². The van der Waals surface area contributed by atoms with Crippen molar-refractivity contribution in [2.24, 2.45) is 5.92 Å². The van der Waals surface area contributed by atoms with Crippen LogP contribution in [0.5, 0.6) is 5.75 Å². The smallest absolute Gasteiger partial charge is 0.241 e. The lowest BCUT2D eigenvalue weighted by atomic mass is 9.96. The summed E-state index contributed by atoms with van der Waals surface area (Å²) in [6.07, 6.45) is 0. The molecule has 0 unspecified atom stereocenters. The summed E-state index contributed by atoms with van der Waals surface area (Å²) in [6, 6.07) is 13.3. The minimum Gasteiger partial charge on any atom is -0.497 e. The second kappa shape index (κ2) is 7.79. The second-order valence-electron chi connectivity index (χ2n) is 5.85. The monoisotopic (exact) mass is 349 g/mol. The lowest BCUT2D eigenvalue weighted by Crippen LogP contribution is -2.33. The number of benzene rings is 2. The molecule has 0 aromatic heterocycles. The molecule has 0 bridgehead atoms. The average Bonchev–Trinajstić information content (AvgIpc) is 2.59. The number of aliphatic hydroxyl groups excluding tert-OH is 1. The number of methoxy groups -OCH3 is 1. The Labute approximate surface area is 143 Å². The molecule has 5 nitrogen and oxygen atoms in total. The highest BCUT2D eigenvalue weighted by molar-refractivity contribution is 7.89. The molecular weight excluding hydrogens is 326 g/mol. The van der Waals surface area contributed by atoms with Crippen molar-refractivity contribution < 1.29 is 18.3 Å². The van der Waals surface area contributed by atoms with Crippen molar-refractivity contribution in [2.45, 2.75) is 24.8 Å². The van der Waals surface area contributed by atoms with Gasteiger partial charge in [-0.3, -0.25) is 0 Å². The Morgan fingerprint density at radius 2 is 1.67 bits per heavy atom. The van der Waals surface area contributed by atoms with Crippen LogP contribution in [-0.2, 0) is 10.0 Å². The predicted molar refractivity (Wildman–Crippen MR) is 93.5 cm³/mol. The zero-order valence-corrected chi connectivity index (χ0v) is 14.9. The molecule has 0 aliphatic heterocycles. The third-order valence-corrected chi connectivity index (χ3v) is 5.40. The molecule has 0 amide bonds. The first-order valence-corrected chi connectivity index (χ1v) is 9.19. The molecule has 6 heteroatoms. The van der Waals surface area contributed by atoms with E-state index in [9.17, 15) is 13.5 Å². The molecule has 0 spiro atoms. The van der Waals surface area contributed by atoms with Crippen molar-refractivity contribution in [2.75, 3.05) is 13.7 Å². The quantitative estimate of drug-likeness (QED) is 0.806. The topological polar surface area (TPSA) is 75.6 Å². The molecule has 24 heavy (non-hydrogen) atoms. The van der Waals surface area contributed by atoms with Gasteiger partial charge in [0.15, 0.2) is 0 Å². The average molecular weight is 349 g/mol. The van der Waals surface area contributed by atoms with Crippen molar-refractivity contribution in [3.63, 3.8) is 0 Å². The maximum absolute atomic E-state index is 12.7. The van der Waals surface area contributed by atoms with E-state index in [2.05, 4.69) is 4.72 Å². The second-order valence-corrected chi connectivity index (χ2v) is 7.56. The summed E-state index contributed by atoms with van der Waals surface area (Å²) in [4.78, 5) is 0.205. The highest BCUT2D eigenvalue weighted by Crippen LogP contribution is 2.26. The Hall–Kier alpha value is -1.89. The number of ether oxygens (including phenoxy) is 1. The number of sulfonamides is 1. The largest absolute Gasteiger partial charge is 0.497 e. The van der Waals surface area contributed by atoms with Gasteiger partial charge >= 0.3 is 0 Å². The van der Waals surface area contributed by atoms with Gasteiger partial charge in [-0.05, 0) is 42.7 Å². The molecule has 0 fully saturated rings. The zero-order chi connectivity index (χ0) is 17.7. The van der Waals surface area contributed by atoms with Crippen LogP contribution in [0.4, 0.5) is 0 Å². The van der Waals surface area contributed by atoms with E-state index in [0.29, 0.717) is 5.75 Å². The molecule has 130 valence electrons. The molecule has 2 aromatic rings. The molecule has 0 heterocycles. The number of rotatable bonds is 7. The van der Waals surface area contributed by atoms with Crippen LogP contribution in [-0.4, -0.2) is 27.2 Å². The van der Waals surface area contributed by atoms with E-state index in [-0.39, 0.29) is 17.4 Å². The van der Waals surface area contributed by atoms with Crippen LogP contribution in [0.1, 0.15) is 24.1 Å². The SMILES string of the molecule is COc1ccc([C@@H](NS(=O)(=O)c2ccc(C)cc2)[C@@H](C)CO)cc1. The van der Waals surface area contributed by atoms with E-state index in [0.717, 1.165) is 11.1 Å². The van der Waals surface area contributed by atoms with Gasteiger partial charge in [-0.1, -0.05) is 36.8 Å². The first-order valence-electron chi connectivity index (χ1n) is 7.71. The first kappa shape index (κ1) is 18.4. The third-order valence-electron chi connectivity index (χ3n) is 3.95. The first-order chi connectivity index (χ1) is 11.4. The minimum absolute atomic E-state index is 0.132. The van der Waals surface area contributed by atoms with Gasteiger partial charge in [0.25, 0.3) is 0 Å². The summed E-state index contributed by atoms with van der Waals surface area (Å²) < 4.78 is 33.1. The molecule has 2 atom stereocenters. The van der Waals surface area contributed by atoms with Crippen LogP contribution < -0.4 is 9.46 Å². The van der Waals surface area contributed by atoms with Crippen LogP contribution >= 0.6 is 0 Å². The van der Waals surface area contributed by atoms with Crippen LogP contribution in [0, 0.1) is 12.8 Å².